The van der Waals surface area contributed by atoms with E-state index in [0.717, 1.165) is 0 Å². The molecule has 10 heteroatoms. The van der Waals surface area contributed by atoms with Gasteiger partial charge in [-0.05, 0) is 43.2 Å². The Morgan fingerprint density at radius 3 is 2.87 bits per heavy atom. The van der Waals surface area contributed by atoms with E-state index in [2.05, 4.69) is 25.6 Å². The molecule has 0 saturated carbocycles. The lowest BCUT2D eigenvalue weighted by atomic mass is 10.0. The number of H-pyrrole nitrogens is 1. The summed E-state index contributed by atoms with van der Waals surface area (Å²) in [5.74, 6) is -0.674. The van der Waals surface area contributed by atoms with Crippen LogP contribution >= 0.6 is 0 Å². The summed E-state index contributed by atoms with van der Waals surface area (Å²) in [4.78, 5) is 61.9. The molecule has 2 aliphatic rings. The van der Waals surface area contributed by atoms with Gasteiger partial charge in [0.05, 0.1) is 5.56 Å². The number of imide groups is 1. The summed E-state index contributed by atoms with van der Waals surface area (Å²) < 4.78 is 0. The number of piperidine rings is 1. The Morgan fingerprint density at radius 2 is 2.06 bits per heavy atom. The molecule has 3 N–H and O–H groups in total. The maximum atomic E-state index is 12.8. The predicted octanol–water partition coefficient (Wildman–Crippen LogP) is 1.28. The molecule has 1 aromatic carbocycles. The van der Waals surface area contributed by atoms with Gasteiger partial charge >= 0.3 is 0 Å². The van der Waals surface area contributed by atoms with Crippen LogP contribution in [0.25, 0.3) is 11.2 Å². The third kappa shape index (κ3) is 3.31. The number of hydrogen-bond donors (Lipinski definition) is 3. The molecule has 5 rings (SSSR count). The SMILES string of the molecule is Cc1nc2cc(C(=O)Nc3ccc4c(c3)CN(C3CCC(=O)NC3=O)C4=O)cnc2[nH]1. The van der Waals surface area contributed by atoms with E-state index in [-0.39, 0.29) is 30.7 Å². The molecule has 0 bridgehead atoms. The first kappa shape index (κ1) is 18.9. The summed E-state index contributed by atoms with van der Waals surface area (Å²) in [5, 5.41) is 5.09. The minimum atomic E-state index is -0.675. The molecule has 0 aliphatic carbocycles. The van der Waals surface area contributed by atoms with Gasteiger partial charge in [0.2, 0.25) is 11.8 Å². The van der Waals surface area contributed by atoms with Crippen molar-refractivity contribution >= 4 is 40.5 Å². The molecule has 156 valence electrons. The molecule has 0 spiro atoms. The van der Waals surface area contributed by atoms with Crippen molar-refractivity contribution < 1.29 is 19.2 Å². The van der Waals surface area contributed by atoms with Gasteiger partial charge in [0, 0.05) is 30.4 Å². The van der Waals surface area contributed by atoms with E-state index in [4.69, 9.17) is 0 Å². The van der Waals surface area contributed by atoms with Crippen molar-refractivity contribution in [1.82, 2.24) is 25.2 Å². The Hall–Kier alpha value is -4.08. The van der Waals surface area contributed by atoms with E-state index >= 15 is 0 Å². The van der Waals surface area contributed by atoms with Gasteiger partial charge in [0.1, 0.15) is 17.4 Å². The second-order valence-corrected chi connectivity index (χ2v) is 7.64. The number of aryl methyl sites for hydroxylation is 1. The van der Waals surface area contributed by atoms with Gasteiger partial charge in [-0.3, -0.25) is 24.5 Å². The number of carbonyl (C=O) groups excluding carboxylic acids is 4. The lowest BCUT2D eigenvalue weighted by Crippen LogP contribution is -2.52. The van der Waals surface area contributed by atoms with E-state index in [1.54, 1.807) is 24.3 Å². The van der Waals surface area contributed by atoms with Crippen molar-refractivity contribution in [3.05, 3.63) is 53.0 Å². The second kappa shape index (κ2) is 7.01. The lowest BCUT2D eigenvalue weighted by molar-refractivity contribution is -0.136. The molecular weight excluding hydrogens is 400 g/mol. The molecule has 3 aromatic rings. The quantitative estimate of drug-likeness (QED) is 0.548. The van der Waals surface area contributed by atoms with Crippen molar-refractivity contribution in [3.63, 3.8) is 0 Å². The highest BCUT2D eigenvalue weighted by Gasteiger charge is 2.39. The van der Waals surface area contributed by atoms with E-state index in [9.17, 15) is 19.2 Å². The van der Waals surface area contributed by atoms with E-state index in [1.807, 2.05) is 6.92 Å². The Bertz CT molecular complexity index is 1280. The summed E-state index contributed by atoms with van der Waals surface area (Å²) in [6.45, 7) is 2.05. The molecule has 1 unspecified atom stereocenters. The molecule has 1 fully saturated rings. The molecule has 0 radical (unpaired) electrons. The monoisotopic (exact) mass is 418 g/mol. The number of carbonyl (C=O) groups is 4. The van der Waals surface area contributed by atoms with E-state index in [1.165, 1.54) is 11.1 Å². The van der Waals surface area contributed by atoms with Crippen molar-refractivity contribution in [2.75, 3.05) is 5.32 Å². The van der Waals surface area contributed by atoms with Crippen molar-refractivity contribution in [3.8, 4) is 0 Å². The normalized spacial score (nSPS) is 18.3. The Balaban J connectivity index is 1.34. The summed E-state index contributed by atoms with van der Waals surface area (Å²) in [5.41, 5.74) is 3.30. The van der Waals surface area contributed by atoms with Crippen LogP contribution in [0.2, 0.25) is 0 Å². The molecule has 31 heavy (non-hydrogen) atoms. The molecule has 1 saturated heterocycles. The Morgan fingerprint density at radius 1 is 1.23 bits per heavy atom. The Labute approximate surface area is 176 Å². The topological polar surface area (TPSA) is 137 Å². The highest BCUT2D eigenvalue weighted by atomic mass is 16.2. The summed E-state index contributed by atoms with van der Waals surface area (Å²) in [7, 11) is 0. The van der Waals surface area contributed by atoms with Crippen molar-refractivity contribution in [1.29, 1.82) is 0 Å². The number of anilines is 1. The number of imidazole rings is 1. The first-order valence-corrected chi connectivity index (χ1v) is 9.80. The number of hydrogen-bond acceptors (Lipinski definition) is 6. The number of benzene rings is 1. The van der Waals surface area contributed by atoms with Gasteiger partial charge in [-0.25, -0.2) is 9.97 Å². The van der Waals surface area contributed by atoms with Crippen LogP contribution < -0.4 is 10.6 Å². The van der Waals surface area contributed by atoms with Crippen LogP contribution in [-0.4, -0.2) is 49.5 Å². The maximum absolute atomic E-state index is 12.8. The number of amides is 4. The first-order valence-electron chi connectivity index (χ1n) is 9.80. The molecule has 10 nitrogen and oxygen atoms in total. The van der Waals surface area contributed by atoms with Crippen LogP contribution in [0.4, 0.5) is 5.69 Å². The number of aromatic amines is 1. The van der Waals surface area contributed by atoms with Gasteiger partial charge in [0.25, 0.3) is 11.8 Å². The highest BCUT2D eigenvalue weighted by Crippen LogP contribution is 2.29. The van der Waals surface area contributed by atoms with Gasteiger partial charge in [-0.2, -0.15) is 0 Å². The van der Waals surface area contributed by atoms with Crippen molar-refractivity contribution in [2.24, 2.45) is 0 Å². The van der Waals surface area contributed by atoms with E-state index in [0.29, 0.717) is 45.8 Å². The fraction of sp³-hybridized carbons (Fsp3) is 0.238. The Kier molecular flexibility index (Phi) is 4.28. The van der Waals surface area contributed by atoms with Crippen LogP contribution in [0.15, 0.2) is 30.5 Å². The van der Waals surface area contributed by atoms with Gasteiger partial charge in [-0.1, -0.05) is 0 Å². The third-order valence-corrected chi connectivity index (χ3v) is 5.50. The van der Waals surface area contributed by atoms with Gasteiger partial charge in [0.15, 0.2) is 5.65 Å². The minimum absolute atomic E-state index is 0.200. The maximum Gasteiger partial charge on any atom is 0.257 e. The summed E-state index contributed by atoms with van der Waals surface area (Å²) in [6.07, 6.45) is 1.97. The minimum Gasteiger partial charge on any atom is -0.327 e. The highest BCUT2D eigenvalue weighted by molar-refractivity contribution is 6.07. The van der Waals surface area contributed by atoms with Crippen LogP contribution in [0, 0.1) is 6.92 Å². The standard InChI is InChI=1S/C21H18N6O4/c1-10-23-15-7-11(8-22-18(15)24-10)19(29)25-13-2-3-14-12(6-13)9-27(21(14)31)16-4-5-17(28)26-20(16)30/h2-3,6-8,16H,4-5,9H2,1H3,(H,25,29)(H,22,23,24)(H,26,28,30). The predicted molar refractivity (Wildman–Crippen MR) is 109 cm³/mol. The zero-order valence-electron chi connectivity index (χ0n) is 16.6. The molecule has 2 aromatic heterocycles. The van der Waals surface area contributed by atoms with Gasteiger partial charge in [-0.15, -0.1) is 0 Å². The number of aromatic nitrogens is 3. The smallest absolute Gasteiger partial charge is 0.257 e. The number of fused-ring (bicyclic) bond motifs is 2. The summed E-state index contributed by atoms with van der Waals surface area (Å²) in [6, 6.07) is 5.99. The fourth-order valence-electron chi connectivity index (χ4n) is 3.99. The lowest BCUT2D eigenvalue weighted by Gasteiger charge is -2.29. The number of nitrogens with zero attached hydrogens (tertiary/aromatic N) is 3. The molecular formula is C21H18N6O4. The average Bonchev–Trinajstić information content (AvgIpc) is 3.26. The largest absolute Gasteiger partial charge is 0.327 e. The molecule has 2 aliphatic heterocycles. The molecule has 1 atom stereocenters. The zero-order chi connectivity index (χ0) is 21.7. The summed E-state index contributed by atoms with van der Waals surface area (Å²) >= 11 is 0. The number of nitrogens with one attached hydrogen (secondary N) is 3. The number of rotatable bonds is 3. The third-order valence-electron chi connectivity index (χ3n) is 5.50. The first-order chi connectivity index (χ1) is 14.9. The van der Waals surface area contributed by atoms with Crippen molar-refractivity contribution in [2.45, 2.75) is 32.4 Å². The van der Waals surface area contributed by atoms with Crippen LogP contribution in [0.5, 0.6) is 0 Å². The van der Waals surface area contributed by atoms with E-state index < -0.39 is 11.9 Å². The molecule has 4 heterocycles. The second-order valence-electron chi connectivity index (χ2n) is 7.64. The van der Waals surface area contributed by atoms with Crippen LogP contribution in [0.3, 0.4) is 0 Å². The molecule has 4 amide bonds. The van der Waals surface area contributed by atoms with Crippen LogP contribution in [-0.2, 0) is 16.1 Å². The van der Waals surface area contributed by atoms with Gasteiger partial charge < -0.3 is 15.2 Å². The fourth-order valence-corrected chi connectivity index (χ4v) is 3.99. The average molecular weight is 418 g/mol. The number of pyridine rings is 1. The zero-order valence-corrected chi connectivity index (χ0v) is 16.6. The van der Waals surface area contributed by atoms with Crippen LogP contribution in [0.1, 0.15) is 44.9 Å².